The van der Waals surface area contributed by atoms with Gasteiger partial charge in [-0.25, -0.2) is 19.7 Å². The molecule has 0 atom stereocenters. The number of anilines is 1. The van der Waals surface area contributed by atoms with Crippen molar-refractivity contribution in [3.05, 3.63) is 47.7 Å². The summed E-state index contributed by atoms with van der Waals surface area (Å²) >= 11 is 0. The number of aromatic nitrogens is 3. The van der Waals surface area contributed by atoms with Crippen LogP contribution in [0.15, 0.2) is 30.6 Å². The summed E-state index contributed by atoms with van der Waals surface area (Å²) < 4.78 is 0. The van der Waals surface area contributed by atoms with E-state index < -0.39 is 5.97 Å². The lowest BCUT2D eigenvalue weighted by molar-refractivity contribution is 0.0690. The summed E-state index contributed by atoms with van der Waals surface area (Å²) in [6.45, 7) is 4.65. The lowest BCUT2D eigenvalue weighted by Crippen LogP contribution is -2.19. The van der Waals surface area contributed by atoms with E-state index in [9.17, 15) is 4.79 Å². The Morgan fingerprint density at radius 3 is 2.52 bits per heavy atom. The first-order valence-corrected chi connectivity index (χ1v) is 6.69. The molecule has 0 aliphatic heterocycles. The van der Waals surface area contributed by atoms with Crippen molar-refractivity contribution in [2.24, 2.45) is 0 Å². The fourth-order valence-electron chi connectivity index (χ4n) is 1.85. The third-order valence-electron chi connectivity index (χ3n) is 3.01. The van der Waals surface area contributed by atoms with E-state index in [-0.39, 0.29) is 5.69 Å². The standard InChI is InChI=1S/C15H18N4O2/c1-10(2)14-16-7-11(8-17-14)9-19(3)13-6-4-5-12(18-13)15(20)21/h4-8,10H,9H2,1-3H3,(H,20,21). The van der Waals surface area contributed by atoms with Crippen molar-refractivity contribution >= 4 is 11.8 Å². The molecule has 2 rings (SSSR count). The quantitative estimate of drug-likeness (QED) is 0.908. The Hall–Kier alpha value is -2.50. The lowest BCUT2D eigenvalue weighted by atomic mass is 10.2. The van der Waals surface area contributed by atoms with Crippen molar-refractivity contribution in [1.29, 1.82) is 0 Å². The highest BCUT2D eigenvalue weighted by Crippen LogP contribution is 2.14. The Morgan fingerprint density at radius 1 is 1.29 bits per heavy atom. The number of carboxylic acids is 1. The van der Waals surface area contributed by atoms with Crippen molar-refractivity contribution in [2.45, 2.75) is 26.3 Å². The molecule has 110 valence electrons. The van der Waals surface area contributed by atoms with Gasteiger partial charge in [0.25, 0.3) is 0 Å². The number of rotatable bonds is 5. The first kappa shape index (κ1) is 14.9. The van der Waals surface area contributed by atoms with Gasteiger partial charge in [0, 0.05) is 37.5 Å². The summed E-state index contributed by atoms with van der Waals surface area (Å²) in [5.74, 6) is 0.677. The van der Waals surface area contributed by atoms with Crippen LogP contribution in [0.2, 0.25) is 0 Å². The van der Waals surface area contributed by atoms with Gasteiger partial charge in [0.2, 0.25) is 0 Å². The SMILES string of the molecule is CC(C)c1ncc(CN(C)c2cccc(C(=O)O)n2)cn1. The molecule has 0 fully saturated rings. The normalized spacial score (nSPS) is 10.7. The highest BCUT2D eigenvalue weighted by Gasteiger charge is 2.09. The highest BCUT2D eigenvalue weighted by molar-refractivity contribution is 5.85. The van der Waals surface area contributed by atoms with Crippen LogP contribution in [-0.2, 0) is 6.54 Å². The van der Waals surface area contributed by atoms with Crippen molar-refractivity contribution in [3.8, 4) is 0 Å². The van der Waals surface area contributed by atoms with E-state index >= 15 is 0 Å². The molecule has 6 nitrogen and oxygen atoms in total. The van der Waals surface area contributed by atoms with Crippen molar-refractivity contribution in [1.82, 2.24) is 15.0 Å². The Morgan fingerprint density at radius 2 is 1.95 bits per heavy atom. The Bertz CT molecular complexity index is 626. The molecule has 0 radical (unpaired) electrons. The maximum Gasteiger partial charge on any atom is 0.354 e. The van der Waals surface area contributed by atoms with Crippen LogP contribution >= 0.6 is 0 Å². The summed E-state index contributed by atoms with van der Waals surface area (Å²) in [5, 5.41) is 8.96. The molecule has 0 saturated carbocycles. The van der Waals surface area contributed by atoms with Gasteiger partial charge in [0.15, 0.2) is 5.69 Å². The number of hydrogen-bond donors (Lipinski definition) is 1. The summed E-state index contributed by atoms with van der Waals surface area (Å²) in [5.41, 5.74) is 0.982. The van der Waals surface area contributed by atoms with E-state index in [1.54, 1.807) is 24.5 Å². The third kappa shape index (κ3) is 3.75. The second-order valence-corrected chi connectivity index (χ2v) is 5.15. The molecule has 2 aromatic rings. The van der Waals surface area contributed by atoms with Crippen LogP contribution in [0.4, 0.5) is 5.82 Å². The first-order valence-electron chi connectivity index (χ1n) is 6.69. The smallest absolute Gasteiger partial charge is 0.354 e. The molecule has 0 aromatic carbocycles. The number of aromatic carboxylic acids is 1. The van der Waals surface area contributed by atoms with E-state index in [0.717, 1.165) is 11.4 Å². The van der Waals surface area contributed by atoms with E-state index in [0.29, 0.717) is 18.3 Å². The van der Waals surface area contributed by atoms with Crippen molar-refractivity contribution in [3.63, 3.8) is 0 Å². The molecule has 0 saturated heterocycles. The zero-order valence-electron chi connectivity index (χ0n) is 12.3. The van der Waals surface area contributed by atoms with E-state index in [2.05, 4.69) is 15.0 Å². The van der Waals surface area contributed by atoms with Crippen LogP contribution in [0.25, 0.3) is 0 Å². The van der Waals surface area contributed by atoms with Crippen molar-refractivity contribution in [2.75, 3.05) is 11.9 Å². The number of hydrogen-bond acceptors (Lipinski definition) is 5. The van der Waals surface area contributed by atoms with Gasteiger partial charge in [-0.05, 0) is 12.1 Å². The molecule has 6 heteroatoms. The highest BCUT2D eigenvalue weighted by atomic mass is 16.4. The minimum absolute atomic E-state index is 0.0331. The molecule has 2 aromatic heterocycles. The average molecular weight is 286 g/mol. The zero-order valence-corrected chi connectivity index (χ0v) is 12.3. The molecule has 0 aliphatic carbocycles. The molecule has 0 bridgehead atoms. The average Bonchev–Trinajstić information content (AvgIpc) is 2.48. The van der Waals surface area contributed by atoms with Crippen LogP contribution in [-0.4, -0.2) is 33.1 Å². The summed E-state index contributed by atoms with van der Waals surface area (Å²) in [6, 6.07) is 4.93. The van der Waals surface area contributed by atoms with Gasteiger partial charge < -0.3 is 10.0 Å². The van der Waals surface area contributed by atoms with Crippen LogP contribution in [0, 0.1) is 0 Å². The monoisotopic (exact) mass is 286 g/mol. The largest absolute Gasteiger partial charge is 0.477 e. The molecular weight excluding hydrogens is 268 g/mol. The van der Waals surface area contributed by atoms with Crippen molar-refractivity contribution < 1.29 is 9.90 Å². The lowest BCUT2D eigenvalue weighted by Gasteiger charge is -2.18. The van der Waals surface area contributed by atoms with Gasteiger partial charge in [-0.2, -0.15) is 0 Å². The van der Waals surface area contributed by atoms with Gasteiger partial charge in [-0.15, -0.1) is 0 Å². The summed E-state index contributed by atoms with van der Waals surface area (Å²) in [4.78, 5) is 25.5. The maximum atomic E-state index is 10.9. The van der Waals surface area contributed by atoms with Crippen LogP contribution < -0.4 is 4.90 Å². The van der Waals surface area contributed by atoms with Gasteiger partial charge >= 0.3 is 5.97 Å². The predicted molar refractivity (Wildman–Crippen MR) is 79.4 cm³/mol. The van der Waals surface area contributed by atoms with Crippen LogP contribution in [0.1, 0.15) is 41.6 Å². The molecule has 2 heterocycles. The van der Waals surface area contributed by atoms with Gasteiger partial charge in [-0.3, -0.25) is 0 Å². The molecular formula is C15H18N4O2. The molecule has 1 N–H and O–H groups in total. The zero-order chi connectivity index (χ0) is 15.4. The molecule has 0 spiro atoms. The second-order valence-electron chi connectivity index (χ2n) is 5.15. The second kappa shape index (κ2) is 6.30. The van der Waals surface area contributed by atoms with Crippen LogP contribution in [0.5, 0.6) is 0 Å². The number of carbonyl (C=O) groups is 1. The van der Waals surface area contributed by atoms with E-state index in [4.69, 9.17) is 5.11 Å². The summed E-state index contributed by atoms with van der Waals surface area (Å²) in [7, 11) is 1.85. The summed E-state index contributed by atoms with van der Waals surface area (Å²) in [6.07, 6.45) is 3.58. The topological polar surface area (TPSA) is 79.2 Å². The Labute approximate surface area is 123 Å². The fraction of sp³-hybridized carbons (Fsp3) is 0.333. The van der Waals surface area contributed by atoms with Gasteiger partial charge in [-0.1, -0.05) is 19.9 Å². The van der Waals surface area contributed by atoms with E-state index in [1.165, 1.54) is 6.07 Å². The molecule has 0 aliphatic rings. The fourth-order valence-corrected chi connectivity index (χ4v) is 1.85. The molecule has 0 unspecified atom stereocenters. The minimum atomic E-state index is -1.03. The Balaban J connectivity index is 2.12. The Kier molecular flexibility index (Phi) is 4.47. The maximum absolute atomic E-state index is 10.9. The minimum Gasteiger partial charge on any atom is -0.477 e. The molecule has 21 heavy (non-hydrogen) atoms. The third-order valence-corrected chi connectivity index (χ3v) is 3.01. The van der Waals surface area contributed by atoms with E-state index in [1.807, 2.05) is 25.8 Å². The predicted octanol–water partition coefficient (Wildman–Crippen LogP) is 2.33. The number of nitrogens with zero attached hydrogens (tertiary/aromatic N) is 4. The van der Waals surface area contributed by atoms with Crippen LogP contribution in [0.3, 0.4) is 0 Å². The number of pyridine rings is 1. The van der Waals surface area contributed by atoms with Gasteiger partial charge in [0.05, 0.1) is 0 Å². The first-order chi connectivity index (χ1) is 9.97. The molecule has 0 amide bonds. The number of carboxylic acid groups (broad SMARTS) is 1. The van der Waals surface area contributed by atoms with Gasteiger partial charge in [0.1, 0.15) is 11.6 Å².